The molecule has 6 nitrogen and oxygen atoms in total. The van der Waals surface area contributed by atoms with Gasteiger partial charge in [0.2, 0.25) is 5.91 Å². The fourth-order valence-corrected chi connectivity index (χ4v) is 3.03. The van der Waals surface area contributed by atoms with E-state index in [1.165, 1.54) is 19.1 Å². The molecule has 6 heteroatoms. The van der Waals surface area contributed by atoms with Gasteiger partial charge in [-0.1, -0.05) is 13.0 Å². The van der Waals surface area contributed by atoms with Gasteiger partial charge in [0, 0.05) is 12.1 Å². The van der Waals surface area contributed by atoms with Gasteiger partial charge < -0.3 is 19.5 Å². The van der Waals surface area contributed by atoms with E-state index in [0.717, 1.165) is 6.42 Å². The average molecular weight is 321 g/mol. The minimum Gasteiger partial charge on any atom is -0.496 e. The van der Waals surface area contributed by atoms with Crippen LogP contribution in [0.15, 0.2) is 18.2 Å². The van der Waals surface area contributed by atoms with E-state index in [2.05, 4.69) is 0 Å². The number of methoxy groups -OCH3 is 2. The molecular weight excluding hydrogens is 298 g/mol. The molecule has 126 valence electrons. The Morgan fingerprint density at radius 3 is 2.39 bits per heavy atom. The Bertz CT molecular complexity index is 564. The minimum atomic E-state index is -0.947. The molecule has 0 saturated carbocycles. The van der Waals surface area contributed by atoms with Gasteiger partial charge >= 0.3 is 5.97 Å². The zero-order chi connectivity index (χ0) is 17.0. The molecule has 2 unspecified atom stereocenters. The topological polar surface area (TPSA) is 76.1 Å². The summed E-state index contributed by atoms with van der Waals surface area (Å²) in [5.74, 6) is 0.273. The third-order valence-electron chi connectivity index (χ3n) is 4.33. The van der Waals surface area contributed by atoms with Crippen molar-refractivity contribution in [2.45, 2.75) is 32.2 Å². The second-order valence-electron chi connectivity index (χ2n) is 5.89. The van der Waals surface area contributed by atoms with E-state index < -0.39 is 12.0 Å². The van der Waals surface area contributed by atoms with Gasteiger partial charge in [0.1, 0.15) is 17.5 Å². The largest absolute Gasteiger partial charge is 0.496 e. The van der Waals surface area contributed by atoms with Crippen molar-refractivity contribution in [3.63, 3.8) is 0 Å². The first kappa shape index (κ1) is 17.1. The van der Waals surface area contributed by atoms with Crippen molar-refractivity contribution in [2.75, 3.05) is 20.8 Å². The Morgan fingerprint density at radius 2 is 1.87 bits per heavy atom. The molecule has 23 heavy (non-hydrogen) atoms. The molecule has 1 aliphatic rings. The van der Waals surface area contributed by atoms with Crippen LogP contribution in [-0.4, -0.2) is 48.7 Å². The number of hydrogen-bond donors (Lipinski definition) is 1. The highest BCUT2D eigenvalue weighted by atomic mass is 16.5. The summed E-state index contributed by atoms with van der Waals surface area (Å²) in [5.41, 5.74) is 0.644. The molecule has 0 bridgehead atoms. The summed E-state index contributed by atoms with van der Waals surface area (Å²) in [5, 5.41) is 9.40. The number of likely N-dealkylation sites (tertiary alicyclic amines) is 1. The predicted molar refractivity (Wildman–Crippen MR) is 84.8 cm³/mol. The van der Waals surface area contributed by atoms with Crippen LogP contribution in [0.5, 0.6) is 11.5 Å². The number of piperidine rings is 1. The Labute approximate surface area is 136 Å². The van der Waals surface area contributed by atoms with Crippen molar-refractivity contribution in [1.29, 1.82) is 0 Å². The number of carbonyl (C=O) groups excluding carboxylic acids is 1. The lowest BCUT2D eigenvalue weighted by atomic mass is 9.92. The summed E-state index contributed by atoms with van der Waals surface area (Å²) in [7, 11) is 3.07. The van der Waals surface area contributed by atoms with Gasteiger partial charge in [-0.25, -0.2) is 4.79 Å². The Balaban J connectivity index is 2.23. The van der Waals surface area contributed by atoms with Crippen LogP contribution in [0.1, 0.15) is 25.3 Å². The standard InChI is InChI=1S/C17H23NO5/c1-11-7-8-18(13(9-11)17(20)21)16(19)10-12-14(22-2)5-4-6-15(12)23-3/h4-6,11,13H,7-10H2,1-3H3,(H,20,21). The maximum absolute atomic E-state index is 12.7. The predicted octanol–water partition coefficient (Wildman–Crippen LogP) is 1.96. The maximum Gasteiger partial charge on any atom is 0.326 e. The molecule has 0 aromatic heterocycles. The number of hydrogen-bond acceptors (Lipinski definition) is 4. The van der Waals surface area contributed by atoms with Crippen LogP contribution >= 0.6 is 0 Å². The Kier molecular flexibility index (Phi) is 5.47. The lowest BCUT2D eigenvalue weighted by Gasteiger charge is -2.36. The summed E-state index contributed by atoms with van der Waals surface area (Å²) >= 11 is 0. The highest BCUT2D eigenvalue weighted by Crippen LogP contribution is 2.30. The third kappa shape index (κ3) is 3.75. The molecule has 1 heterocycles. The van der Waals surface area contributed by atoms with E-state index in [1.807, 2.05) is 6.92 Å². The van der Waals surface area contributed by atoms with Gasteiger partial charge in [0.15, 0.2) is 0 Å². The van der Waals surface area contributed by atoms with Crippen molar-refractivity contribution in [1.82, 2.24) is 4.90 Å². The molecule has 1 saturated heterocycles. The zero-order valence-electron chi connectivity index (χ0n) is 13.7. The molecule has 1 aromatic rings. The smallest absolute Gasteiger partial charge is 0.326 e. The Hall–Kier alpha value is -2.24. The summed E-state index contributed by atoms with van der Waals surface area (Å²) in [4.78, 5) is 25.6. The fourth-order valence-electron chi connectivity index (χ4n) is 3.03. The molecule has 0 aliphatic carbocycles. The second kappa shape index (κ2) is 7.35. The maximum atomic E-state index is 12.7. The first-order valence-corrected chi connectivity index (χ1v) is 7.70. The van der Waals surface area contributed by atoms with Crippen LogP contribution in [0.3, 0.4) is 0 Å². The highest BCUT2D eigenvalue weighted by molar-refractivity contribution is 5.86. The van der Waals surface area contributed by atoms with Crippen LogP contribution in [0.2, 0.25) is 0 Å². The highest BCUT2D eigenvalue weighted by Gasteiger charge is 2.35. The van der Waals surface area contributed by atoms with Crippen LogP contribution in [-0.2, 0) is 16.0 Å². The van der Waals surface area contributed by atoms with E-state index >= 15 is 0 Å². The van der Waals surface area contributed by atoms with Crippen LogP contribution in [0, 0.1) is 5.92 Å². The fraction of sp³-hybridized carbons (Fsp3) is 0.529. The van der Waals surface area contributed by atoms with Gasteiger partial charge in [-0.15, -0.1) is 0 Å². The number of nitrogens with zero attached hydrogens (tertiary/aromatic N) is 1. The molecule has 1 fully saturated rings. The first-order valence-electron chi connectivity index (χ1n) is 7.70. The number of carbonyl (C=O) groups is 2. The Morgan fingerprint density at radius 1 is 1.26 bits per heavy atom. The molecule has 0 radical (unpaired) electrons. The van der Waals surface area contributed by atoms with Gasteiger partial charge in [0.05, 0.1) is 20.6 Å². The summed E-state index contributed by atoms with van der Waals surface area (Å²) in [6.07, 6.45) is 1.37. The van der Waals surface area contributed by atoms with Crippen LogP contribution in [0.4, 0.5) is 0 Å². The van der Waals surface area contributed by atoms with E-state index in [-0.39, 0.29) is 12.3 Å². The molecule has 2 atom stereocenters. The van der Waals surface area contributed by atoms with Gasteiger partial charge in [-0.3, -0.25) is 4.79 Å². The second-order valence-corrected chi connectivity index (χ2v) is 5.89. The van der Waals surface area contributed by atoms with Crippen molar-refractivity contribution in [3.05, 3.63) is 23.8 Å². The zero-order valence-corrected chi connectivity index (χ0v) is 13.7. The van der Waals surface area contributed by atoms with Gasteiger partial charge in [-0.2, -0.15) is 0 Å². The van der Waals surface area contributed by atoms with Gasteiger partial charge in [-0.05, 0) is 30.9 Å². The van der Waals surface area contributed by atoms with E-state index in [0.29, 0.717) is 35.9 Å². The molecule has 1 aromatic carbocycles. The molecule has 0 spiro atoms. The SMILES string of the molecule is COc1cccc(OC)c1CC(=O)N1CCC(C)CC1C(=O)O. The normalized spacial score (nSPS) is 20.9. The van der Waals surface area contributed by atoms with Crippen molar-refractivity contribution < 1.29 is 24.2 Å². The monoisotopic (exact) mass is 321 g/mol. The molecule has 1 N–H and O–H groups in total. The summed E-state index contributed by atoms with van der Waals surface area (Å²) in [6.45, 7) is 2.48. The van der Waals surface area contributed by atoms with E-state index in [4.69, 9.17) is 9.47 Å². The minimum absolute atomic E-state index is 0.0609. The quantitative estimate of drug-likeness (QED) is 0.897. The van der Waals surface area contributed by atoms with Crippen LogP contribution in [0.25, 0.3) is 0 Å². The lowest BCUT2D eigenvalue weighted by Crippen LogP contribution is -2.50. The van der Waals surface area contributed by atoms with Crippen LogP contribution < -0.4 is 9.47 Å². The first-order chi connectivity index (χ1) is 11.0. The number of carboxylic acids is 1. The number of ether oxygens (including phenoxy) is 2. The number of rotatable bonds is 5. The summed E-state index contributed by atoms with van der Waals surface area (Å²) < 4.78 is 10.6. The van der Waals surface area contributed by atoms with E-state index in [9.17, 15) is 14.7 Å². The van der Waals surface area contributed by atoms with E-state index in [1.54, 1.807) is 18.2 Å². The molecule has 1 aliphatic heterocycles. The lowest BCUT2D eigenvalue weighted by molar-refractivity contribution is -0.152. The van der Waals surface area contributed by atoms with Crippen molar-refractivity contribution >= 4 is 11.9 Å². The van der Waals surface area contributed by atoms with Crippen molar-refractivity contribution in [3.8, 4) is 11.5 Å². The number of carboxylic acid groups (broad SMARTS) is 1. The number of benzene rings is 1. The number of amides is 1. The summed E-state index contributed by atoms with van der Waals surface area (Å²) in [6, 6.07) is 4.55. The average Bonchev–Trinajstić information content (AvgIpc) is 2.54. The number of aliphatic carboxylic acids is 1. The molecular formula is C17H23NO5. The molecule has 2 rings (SSSR count). The van der Waals surface area contributed by atoms with Crippen molar-refractivity contribution in [2.24, 2.45) is 5.92 Å². The molecule has 1 amide bonds. The van der Waals surface area contributed by atoms with Gasteiger partial charge in [0.25, 0.3) is 0 Å². The third-order valence-corrected chi connectivity index (χ3v) is 4.33.